The fraction of sp³-hybridized carbons (Fsp3) is 0.625. The highest BCUT2D eigenvalue weighted by Crippen LogP contribution is 2.34. The Morgan fingerprint density at radius 3 is 2.62 bits per heavy atom. The largest absolute Gasteiger partial charge is 0.369 e. The van der Waals surface area contributed by atoms with E-state index in [-0.39, 0.29) is 0 Å². The van der Waals surface area contributed by atoms with Crippen molar-refractivity contribution in [3.8, 4) is 0 Å². The van der Waals surface area contributed by atoms with E-state index in [1.54, 1.807) is 11.3 Å². The Kier molecular flexibility index (Phi) is 3.88. The van der Waals surface area contributed by atoms with Crippen LogP contribution >= 0.6 is 11.3 Å². The van der Waals surface area contributed by atoms with Crippen LogP contribution in [0.15, 0.2) is 0 Å². The summed E-state index contributed by atoms with van der Waals surface area (Å²) >= 11 is 1.77. The monoisotopic (exact) mass is 304 g/mol. The maximum Gasteiger partial charge on any atom is 0.138 e. The molecule has 0 saturated carbocycles. The van der Waals surface area contributed by atoms with Crippen molar-refractivity contribution in [1.82, 2.24) is 15.3 Å². The minimum Gasteiger partial charge on any atom is -0.369 e. The SMILES string of the molecule is Cc1nc(NCC2(C)CCNCC2)c2c(C)c(C)sc2n1. The average molecular weight is 304 g/mol. The van der Waals surface area contributed by atoms with Gasteiger partial charge in [-0.2, -0.15) is 0 Å². The predicted molar refractivity (Wildman–Crippen MR) is 90.3 cm³/mol. The van der Waals surface area contributed by atoms with E-state index in [1.165, 1.54) is 28.7 Å². The summed E-state index contributed by atoms with van der Waals surface area (Å²) in [7, 11) is 0. The molecule has 0 spiro atoms. The van der Waals surface area contributed by atoms with E-state index in [4.69, 9.17) is 0 Å². The number of aryl methyl sites for hydroxylation is 3. The summed E-state index contributed by atoms with van der Waals surface area (Å²) < 4.78 is 0. The van der Waals surface area contributed by atoms with Gasteiger partial charge in [0.05, 0.1) is 5.39 Å². The number of nitrogens with one attached hydrogen (secondary N) is 2. The van der Waals surface area contributed by atoms with Gasteiger partial charge in [0, 0.05) is 11.4 Å². The summed E-state index contributed by atoms with van der Waals surface area (Å²) in [6.07, 6.45) is 2.43. The predicted octanol–water partition coefficient (Wildman–Crippen LogP) is 3.42. The van der Waals surface area contributed by atoms with Gasteiger partial charge in [0.15, 0.2) is 0 Å². The van der Waals surface area contributed by atoms with Crippen molar-refractivity contribution >= 4 is 27.4 Å². The minimum atomic E-state index is 0.357. The van der Waals surface area contributed by atoms with E-state index in [9.17, 15) is 0 Å². The number of aromatic nitrogens is 2. The normalized spacial score (nSPS) is 18.1. The first-order valence-corrected chi connectivity index (χ1v) is 8.49. The molecule has 3 heterocycles. The van der Waals surface area contributed by atoms with Crippen LogP contribution in [0.3, 0.4) is 0 Å². The molecule has 1 fully saturated rings. The quantitative estimate of drug-likeness (QED) is 0.912. The van der Waals surface area contributed by atoms with Gasteiger partial charge in [-0.3, -0.25) is 0 Å². The summed E-state index contributed by atoms with van der Waals surface area (Å²) in [5, 5.41) is 8.27. The molecule has 1 aliphatic heterocycles. The molecule has 2 aromatic heterocycles. The van der Waals surface area contributed by atoms with Gasteiger partial charge in [-0.1, -0.05) is 6.92 Å². The summed E-state index contributed by atoms with van der Waals surface area (Å²) in [6, 6.07) is 0. The van der Waals surface area contributed by atoms with E-state index in [0.29, 0.717) is 5.41 Å². The van der Waals surface area contributed by atoms with Gasteiger partial charge in [-0.15, -0.1) is 11.3 Å². The Hall–Kier alpha value is -1.20. The number of piperidine rings is 1. The van der Waals surface area contributed by atoms with Crippen molar-refractivity contribution in [3.63, 3.8) is 0 Å². The molecular formula is C16H24N4S. The van der Waals surface area contributed by atoms with Crippen molar-refractivity contribution in [2.75, 3.05) is 25.0 Å². The van der Waals surface area contributed by atoms with Crippen LogP contribution in [0.1, 0.15) is 36.0 Å². The third-order valence-corrected chi connectivity index (χ3v) is 5.73. The lowest BCUT2D eigenvalue weighted by molar-refractivity contribution is 0.247. The van der Waals surface area contributed by atoms with Gasteiger partial charge in [-0.25, -0.2) is 9.97 Å². The first kappa shape index (κ1) is 14.7. The van der Waals surface area contributed by atoms with Crippen molar-refractivity contribution in [2.45, 2.75) is 40.5 Å². The molecule has 0 unspecified atom stereocenters. The fourth-order valence-corrected chi connectivity index (χ4v) is 4.06. The van der Waals surface area contributed by atoms with E-state index < -0.39 is 0 Å². The molecule has 5 heteroatoms. The summed E-state index contributed by atoms with van der Waals surface area (Å²) in [6.45, 7) is 11.9. The average Bonchev–Trinajstić information content (AvgIpc) is 2.72. The molecular weight excluding hydrogens is 280 g/mol. The second kappa shape index (κ2) is 5.54. The second-order valence-electron chi connectivity index (χ2n) is 6.50. The molecule has 0 aliphatic carbocycles. The maximum absolute atomic E-state index is 4.66. The van der Waals surface area contributed by atoms with Gasteiger partial charge >= 0.3 is 0 Å². The van der Waals surface area contributed by atoms with E-state index >= 15 is 0 Å². The zero-order valence-corrected chi connectivity index (χ0v) is 14.2. The molecule has 3 rings (SSSR count). The number of hydrogen-bond donors (Lipinski definition) is 2. The van der Waals surface area contributed by atoms with Crippen LogP contribution in [-0.2, 0) is 0 Å². The van der Waals surface area contributed by atoms with Crippen LogP contribution in [0, 0.1) is 26.2 Å². The van der Waals surface area contributed by atoms with Crippen molar-refractivity contribution < 1.29 is 0 Å². The maximum atomic E-state index is 4.66. The highest BCUT2D eigenvalue weighted by atomic mass is 32.1. The zero-order chi connectivity index (χ0) is 15.0. The smallest absolute Gasteiger partial charge is 0.138 e. The summed E-state index contributed by atoms with van der Waals surface area (Å²) in [4.78, 5) is 11.7. The standard InChI is InChI=1S/C16H24N4S/c1-10-11(2)21-15-13(10)14(19-12(3)20-15)18-9-16(4)5-7-17-8-6-16/h17H,5-9H2,1-4H3,(H,18,19,20). The molecule has 0 radical (unpaired) electrons. The van der Waals surface area contributed by atoms with Crippen LogP contribution in [0.2, 0.25) is 0 Å². The lowest BCUT2D eigenvalue weighted by Crippen LogP contribution is -2.39. The van der Waals surface area contributed by atoms with Crippen LogP contribution < -0.4 is 10.6 Å². The molecule has 2 aromatic rings. The summed E-state index contributed by atoms with van der Waals surface area (Å²) in [5.41, 5.74) is 1.67. The first-order valence-electron chi connectivity index (χ1n) is 7.67. The Labute approximate surface area is 130 Å². The Morgan fingerprint density at radius 2 is 1.90 bits per heavy atom. The van der Waals surface area contributed by atoms with Gasteiger partial charge in [0.2, 0.25) is 0 Å². The van der Waals surface area contributed by atoms with Crippen molar-refractivity contribution in [2.24, 2.45) is 5.41 Å². The third kappa shape index (κ3) is 2.90. The Bertz CT molecular complexity index is 656. The first-order chi connectivity index (χ1) is 9.98. The minimum absolute atomic E-state index is 0.357. The van der Waals surface area contributed by atoms with Crippen LogP contribution in [-0.4, -0.2) is 29.6 Å². The fourth-order valence-electron chi connectivity index (χ4n) is 2.99. The molecule has 21 heavy (non-hydrogen) atoms. The highest BCUT2D eigenvalue weighted by Gasteiger charge is 2.27. The molecule has 0 atom stereocenters. The van der Waals surface area contributed by atoms with Crippen LogP contribution in [0.5, 0.6) is 0 Å². The topological polar surface area (TPSA) is 49.8 Å². The molecule has 4 nitrogen and oxygen atoms in total. The lowest BCUT2D eigenvalue weighted by atomic mass is 9.81. The van der Waals surface area contributed by atoms with Crippen LogP contribution in [0.4, 0.5) is 5.82 Å². The number of nitrogens with zero attached hydrogens (tertiary/aromatic N) is 2. The number of rotatable bonds is 3. The molecule has 2 N–H and O–H groups in total. The second-order valence-corrected chi connectivity index (χ2v) is 7.70. The number of fused-ring (bicyclic) bond motifs is 1. The third-order valence-electron chi connectivity index (χ3n) is 4.63. The van der Waals surface area contributed by atoms with E-state index in [1.807, 2.05) is 6.92 Å². The van der Waals surface area contributed by atoms with Crippen molar-refractivity contribution in [1.29, 1.82) is 0 Å². The van der Waals surface area contributed by atoms with Gasteiger partial charge in [0.25, 0.3) is 0 Å². The zero-order valence-electron chi connectivity index (χ0n) is 13.3. The van der Waals surface area contributed by atoms with Gasteiger partial charge < -0.3 is 10.6 Å². The molecule has 1 aliphatic rings. The number of thiophene rings is 1. The molecule has 114 valence electrons. The van der Waals surface area contributed by atoms with Crippen molar-refractivity contribution in [3.05, 3.63) is 16.3 Å². The number of hydrogen-bond acceptors (Lipinski definition) is 5. The van der Waals surface area contributed by atoms with Gasteiger partial charge in [0.1, 0.15) is 16.5 Å². The van der Waals surface area contributed by atoms with E-state index in [0.717, 1.165) is 36.1 Å². The van der Waals surface area contributed by atoms with Gasteiger partial charge in [-0.05, 0) is 57.7 Å². The van der Waals surface area contributed by atoms with E-state index in [2.05, 4.69) is 41.4 Å². The highest BCUT2D eigenvalue weighted by molar-refractivity contribution is 7.18. The molecule has 1 saturated heterocycles. The molecule has 0 bridgehead atoms. The lowest BCUT2D eigenvalue weighted by Gasteiger charge is -2.34. The van der Waals surface area contributed by atoms with Crippen LogP contribution in [0.25, 0.3) is 10.2 Å². The molecule has 0 aromatic carbocycles. The Morgan fingerprint density at radius 1 is 1.19 bits per heavy atom. The molecule has 0 amide bonds. The Balaban J connectivity index is 1.89. The number of anilines is 1. The summed E-state index contributed by atoms with van der Waals surface area (Å²) in [5.74, 6) is 1.86.